The van der Waals surface area contributed by atoms with Crippen LogP contribution >= 0.6 is 22.9 Å². The van der Waals surface area contributed by atoms with Crippen LogP contribution in [0.15, 0.2) is 59.7 Å². The second kappa shape index (κ2) is 10.2. The zero-order chi connectivity index (χ0) is 24.2. The summed E-state index contributed by atoms with van der Waals surface area (Å²) in [6.07, 6.45) is 1.26. The second-order valence-electron chi connectivity index (χ2n) is 8.11. The highest BCUT2D eigenvalue weighted by Gasteiger charge is 2.33. The van der Waals surface area contributed by atoms with Gasteiger partial charge in [0.15, 0.2) is 0 Å². The number of nitrogens with one attached hydrogen (secondary N) is 1. The number of halogens is 1. The molecule has 4 rings (SSSR count). The van der Waals surface area contributed by atoms with Gasteiger partial charge in [0.1, 0.15) is 10.6 Å². The lowest BCUT2D eigenvalue weighted by Gasteiger charge is -2.34. The van der Waals surface area contributed by atoms with Crippen LogP contribution in [-0.4, -0.2) is 39.4 Å². The average Bonchev–Trinajstić information content (AvgIpc) is 3.27. The summed E-state index contributed by atoms with van der Waals surface area (Å²) in [7, 11) is 0. The van der Waals surface area contributed by atoms with Crippen molar-refractivity contribution in [2.24, 2.45) is 16.8 Å². The molecule has 2 N–H and O–H groups in total. The number of anilines is 1. The standard InChI is InChI=1S/C24H23ClN4O4S/c1-14(2)19-11-26-23(29(21(19)30)13-15-3-5-16(25)6-4-15)28-17-7-9-18(10-8-17)33-24-27-12-20(34-24)22(31)32/h3-10,12,14,19H,11,13H2,1-2H3,(H,26,28)(H,31,32). The number of rotatable bonds is 7. The van der Waals surface area contributed by atoms with Crippen LogP contribution in [0.25, 0.3) is 0 Å². The van der Waals surface area contributed by atoms with Crippen LogP contribution in [0.5, 0.6) is 10.9 Å². The summed E-state index contributed by atoms with van der Waals surface area (Å²) in [6.45, 7) is 4.85. The number of thiazole rings is 1. The Labute approximate surface area is 205 Å². The molecular weight excluding hydrogens is 476 g/mol. The Morgan fingerprint density at radius 2 is 1.94 bits per heavy atom. The van der Waals surface area contributed by atoms with Crippen LogP contribution in [0, 0.1) is 11.8 Å². The maximum atomic E-state index is 13.3. The first-order valence-corrected chi connectivity index (χ1v) is 11.8. The SMILES string of the molecule is CC(C)C1CN=C(Nc2ccc(Oc3ncc(C(=O)O)s3)cc2)N(Cc2ccc(Cl)cc2)C1=O. The number of carboxylic acids is 1. The molecule has 1 amide bonds. The number of carbonyl (C=O) groups excluding carboxylic acids is 1. The monoisotopic (exact) mass is 498 g/mol. The predicted octanol–water partition coefficient (Wildman–Crippen LogP) is 5.37. The van der Waals surface area contributed by atoms with Crippen molar-refractivity contribution in [1.29, 1.82) is 0 Å². The van der Waals surface area contributed by atoms with Crippen molar-refractivity contribution in [2.45, 2.75) is 20.4 Å². The summed E-state index contributed by atoms with van der Waals surface area (Å²) in [6, 6.07) is 14.4. The van der Waals surface area contributed by atoms with Crippen LogP contribution < -0.4 is 10.1 Å². The molecule has 10 heteroatoms. The molecule has 1 atom stereocenters. The highest BCUT2D eigenvalue weighted by atomic mass is 35.5. The average molecular weight is 499 g/mol. The fourth-order valence-electron chi connectivity index (χ4n) is 3.42. The Kier molecular flexibility index (Phi) is 7.14. The quantitative estimate of drug-likeness (QED) is 0.454. The Bertz CT molecular complexity index is 1210. The van der Waals surface area contributed by atoms with E-state index in [0.29, 0.717) is 29.8 Å². The molecule has 3 aromatic rings. The molecule has 0 radical (unpaired) electrons. The lowest BCUT2D eigenvalue weighted by Crippen LogP contribution is -2.49. The molecule has 8 nitrogen and oxygen atoms in total. The molecule has 0 bridgehead atoms. The number of aliphatic imine (C=N–C) groups is 1. The van der Waals surface area contributed by atoms with E-state index in [2.05, 4.69) is 15.3 Å². The van der Waals surface area contributed by atoms with Gasteiger partial charge in [0, 0.05) is 10.7 Å². The lowest BCUT2D eigenvalue weighted by atomic mass is 9.93. The molecule has 176 valence electrons. The normalized spacial score (nSPS) is 15.9. The van der Waals surface area contributed by atoms with Gasteiger partial charge in [-0.1, -0.05) is 48.9 Å². The van der Waals surface area contributed by atoms with Crippen molar-refractivity contribution >= 4 is 46.5 Å². The Hall–Kier alpha value is -3.43. The molecule has 0 saturated carbocycles. The Morgan fingerprint density at radius 1 is 1.24 bits per heavy atom. The molecule has 1 unspecified atom stereocenters. The molecule has 0 aliphatic carbocycles. The van der Waals surface area contributed by atoms with Gasteiger partial charge in [0.25, 0.3) is 5.19 Å². The minimum Gasteiger partial charge on any atom is -0.477 e. The van der Waals surface area contributed by atoms with E-state index in [1.165, 1.54) is 6.20 Å². The number of nitrogens with zero attached hydrogens (tertiary/aromatic N) is 3. The summed E-state index contributed by atoms with van der Waals surface area (Å²) >= 11 is 6.96. The van der Waals surface area contributed by atoms with Crippen molar-refractivity contribution in [3.8, 4) is 10.9 Å². The van der Waals surface area contributed by atoms with Gasteiger partial charge >= 0.3 is 5.97 Å². The molecule has 0 spiro atoms. The topological polar surface area (TPSA) is 104 Å². The fourth-order valence-corrected chi connectivity index (χ4v) is 4.17. The molecule has 0 fully saturated rings. The minimum absolute atomic E-state index is 0.0282. The molecular formula is C24H23ClN4O4S. The third-order valence-electron chi connectivity index (χ3n) is 5.35. The van der Waals surface area contributed by atoms with Crippen LogP contribution in [0.4, 0.5) is 5.69 Å². The van der Waals surface area contributed by atoms with Gasteiger partial charge in [-0.2, -0.15) is 0 Å². The van der Waals surface area contributed by atoms with E-state index < -0.39 is 5.97 Å². The highest BCUT2D eigenvalue weighted by molar-refractivity contribution is 7.15. The third-order valence-corrected chi connectivity index (χ3v) is 6.46. The molecule has 2 aromatic carbocycles. The number of hydrogen-bond donors (Lipinski definition) is 2. The van der Waals surface area contributed by atoms with Crippen molar-refractivity contribution in [2.75, 3.05) is 11.9 Å². The number of carbonyl (C=O) groups is 2. The van der Waals surface area contributed by atoms with Gasteiger partial charge in [-0.15, -0.1) is 0 Å². The number of aromatic nitrogens is 1. The first kappa shape index (κ1) is 23.7. The molecule has 0 saturated heterocycles. The number of benzene rings is 2. The van der Waals surface area contributed by atoms with E-state index >= 15 is 0 Å². The zero-order valence-electron chi connectivity index (χ0n) is 18.6. The van der Waals surface area contributed by atoms with E-state index in [4.69, 9.17) is 21.4 Å². The second-order valence-corrected chi connectivity index (χ2v) is 9.54. The number of guanidine groups is 1. The van der Waals surface area contributed by atoms with Crippen molar-refractivity contribution < 1.29 is 19.4 Å². The molecule has 1 aromatic heterocycles. The van der Waals surface area contributed by atoms with Crippen molar-refractivity contribution in [3.63, 3.8) is 0 Å². The molecule has 34 heavy (non-hydrogen) atoms. The van der Waals surface area contributed by atoms with E-state index in [1.807, 2.05) is 26.0 Å². The van der Waals surface area contributed by atoms with Crippen LogP contribution in [-0.2, 0) is 11.3 Å². The molecule has 1 aliphatic heterocycles. The maximum absolute atomic E-state index is 13.3. The molecule has 2 heterocycles. The maximum Gasteiger partial charge on any atom is 0.347 e. The van der Waals surface area contributed by atoms with Gasteiger partial charge in [-0.05, 0) is 47.9 Å². The van der Waals surface area contributed by atoms with Gasteiger partial charge in [0.2, 0.25) is 11.9 Å². The third kappa shape index (κ3) is 5.55. The Balaban J connectivity index is 1.49. The number of hydrogen-bond acceptors (Lipinski definition) is 7. The minimum atomic E-state index is -1.04. The summed E-state index contributed by atoms with van der Waals surface area (Å²) in [5.74, 6) is -0.0250. The number of carboxylic acid groups (broad SMARTS) is 1. The first-order valence-electron chi connectivity index (χ1n) is 10.6. The summed E-state index contributed by atoms with van der Waals surface area (Å²) in [4.78, 5) is 34.7. The van der Waals surface area contributed by atoms with E-state index in [-0.39, 0.29) is 27.8 Å². The van der Waals surface area contributed by atoms with Crippen molar-refractivity contribution in [1.82, 2.24) is 9.88 Å². The van der Waals surface area contributed by atoms with Crippen LogP contribution in [0.2, 0.25) is 5.02 Å². The van der Waals surface area contributed by atoms with Gasteiger partial charge < -0.3 is 15.2 Å². The first-order chi connectivity index (χ1) is 16.3. The predicted molar refractivity (Wildman–Crippen MR) is 132 cm³/mol. The van der Waals surface area contributed by atoms with E-state index in [1.54, 1.807) is 41.3 Å². The lowest BCUT2D eigenvalue weighted by molar-refractivity contribution is -0.133. The van der Waals surface area contributed by atoms with Gasteiger partial charge in [-0.25, -0.2) is 9.78 Å². The van der Waals surface area contributed by atoms with Gasteiger partial charge in [-0.3, -0.25) is 14.7 Å². The number of ether oxygens (including phenoxy) is 1. The largest absolute Gasteiger partial charge is 0.477 e. The van der Waals surface area contributed by atoms with Crippen molar-refractivity contribution in [3.05, 3.63) is 70.2 Å². The molecule has 1 aliphatic rings. The number of aromatic carboxylic acids is 1. The smallest absolute Gasteiger partial charge is 0.347 e. The Morgan fingerprint density at radius 3 is 2.56 bits per heavy atom. The van der Waals surface area contributed by atoms with Crippen LogP contribution in [0.3, 0.4) is 0 Å². The van der Waals surface area contributed by atoms with E-state index in [0.717, 1.165) is 22.6 Å². The summed E-state index contributed by atoms with van der Waals surface area (Å²) in [5.41, 5.74) is 1.68. The van der Waals surface area contributed by atoms with Gasteiger partial charge in [0.05, 0.1) is 25.2 Å². The van der Waals surface area contributed by atoms with E-state index in [9.17, 15) is 9.59 Å². The highest BCUT2D eigenvalue weighted by Crippen LogP contribution is 2.28. The zero-order valence-corrected chi connectivity index (χ0v) is 20.1. The summed E-state index contributed by atoms with van der Waals surface area (Å²) in [5, 5.41) is 13.1. The van der Waals surface area contributed by atoms with Crippen LogP contribution in [0.1, 0.15) is 29.1 Å². The number of amides is 1. The summed E-state index contributed by atoms with van der Waals surface area (Å²) < 4.78 is 5.63. The fraction of sp³-hybridized carbons (Fsp3) is 0.250.